The third kappa shape index (κ3) is 3.71. The molecule has 0 aliphatic rings. The van der Waals surface area contributed by atoms with Crippen molar-refractivity contribution in [3.05, 3.63) is 105 Å². The number of aromatic nitrogens is 4. The molecule has 0 atom stereocenters. The first-order valence-electron chi connectivity index (χ1n) is 10.5. The molecule has 8 nitrogen and oxygen atoms in total. The van der Waals surface area contributed by atoms with Gasteiger partial charge in [0.15, 0.2) is 11.2 Å². The van der Waals surface area contributed by atoms with Gasteiger partial charge in [0.2, 0.25) is 5.95 Å². The third-order valence-electron chi connectivity index (χ3n) is 5.73. The minimum Gasteiger partial charge on any atom is -0.298 e. The standard InChI is InChI=1S/C25H22N6O2/c1-16(17-9-4-3-5-10-17)28-29-24-26-22-21(23(32)27-25(33)30(22)2)31(24)15-19-13-8-12-18-11-6-7-14-20(18)19/h3-14H,15H2,1-2H3,(H,26,29)(H,27,32,33). The normalized spacial score (nSPS) is 11.9. The summed E-state index contributed by atoms with van der Waals surface area (Å²) in [6.45, 7) is 2.27. The molecule has 0 bridgehead atoms. The first-order chi connectivity index (χ1) is 16.0. The largest absolute Gasteiger partial charge is 0.329 e. The molecule has 2 aromatic heterocycles. The second-order valence-corrected chi connectivity index (χ2v) is 7.83. The van der Waals surface area contributed by atoms with E-state index in [4.69, 9.17) is 0 Å². The van der Waals surface area contributed by atoms with Crippen molar-refractivity contribution in [2.24, 2.45) is 12.1 Å². The van der Waals surface area contributed by atoms with Crippen LogP contribution in [0.15, 0.2) is 87.5 Å². The maximum absolute atomic E-state index is 12.8. The van der Waals surface area contributed by atoms with Crippen LogP contribution in [0.3, 0.4) is 0 Å². The van der Waals surface area contributed by atoms with Crippen LogP contribution in [-0.4, -0.2) is 24.8 Å². The monoisotopic (exact) mass is 438 g/mol. The van der Waals surface area contributed by atoms with Gasteiger partial charge >= 0.3 is 5.69 Å². The Kier molecular flexibility index (Phi) is 5.10. The number of hydrogen-bond acceptors (Lipinski definition) is 5. The van der Waals surface area contributed by atoms with E-state index >= 15 is 0 Å². The van der Waals surface area contributed by atoms with Crippen LogP contribution in [0.2, 0.25) is 0 Å². The zero-order valence-corrected chi connectivity index (χ0v) is 18.2. The summed E-state index contributed by atoms with van der Waals surface area (Å²) in [5.74, 6) is 0.375. The summed E-state index contributed by atoms with van der Waals surface area (Å²) in [4.78, 5) is 31.9. The summed E-state index contributed by atoms with van der Waals surface area (Å²) in [5, 5.41) is 6.68. The highest BCUT2D eigenvalue weighted by molar-refractivity contribution is 5.99. The number of imidazole rings is 1. The molecule has 3 aromatic carbocycles. The van der Waals surface area contributed by atoms with Crippen molar-refractivity contribution in [1.82, 2.24) is 19.1 Å². The van der Waals surface area contributed by atoms with Crippen LogP contribution in [0.4, 0.5) is 5.95 Å². The lowest BCUT2D eigenvalue weighted by molar-refractivity contribution is 0.811. The highest BCUT2D eigenvalue weighted by Crippen LogP contribution is 2.23. The number of aryl methyl sites for hydroxylation is 1. The second kappa shape index (κ2) is 8.23. The Morgan fingerprint density at radius 2 is 1.73 bits per heavy atom. The summed E-state index contributed by atoms with van der Waals surface area (Å²) in [6.07, 6.45) is 0. The van der Waals surface area contributed by atoms with Crippen LogP contribution < -0.4 is 16.7 Å². The van der Waals surface area contributed by atoms with Crippen molar-refractivity contribution < 1.29 is 0 Å². The fourth-order valence-corrected chi connectivity index (χ4v) is 3.95. The zero-order valence-electron chi connectivity index (χ0n) is 18.2. The highest BCUT2D eigenvalue weighted by atomic mass is 16.2. The van der Waals surface area contributed by atoms with Crippen molar-refractivity contribution in [2.75, 3.05) is 5.43 Å². The van der Waals surface area contributed by atoms with Crippen molar-refractivity contribution in [3.8, 4) is 0 Å². The lowest BCUT2D eigenvalue weighted by Gasteiger charge is -2.11. The first kappa shape index (κ1) is 20.4. The Balaban J connectivity index is 1.67. The van der Waals surface area contributed by atoms with Gasteiger partial charge in [0.1, 0.15) is 0 Å². The summed E-state index contributed by atoms with van der Waals surface area (Å²) in [7, 11) is 1.58. The Morgan fingerprint density at radius 3 is 2.55 bits per heavy atom. The van der Waals surface area contributed by atoms with E-state index in [1.54, 1.807) is 11.6 Å². The Morgan fingerprint density at radius 1 is 1.00 bits per heavy atom. The minimum atomic E-state index is -0.516. The quantitative estimate of drug-likeness (QED) is 0.324. The fourth-order valence-electron chi connectivity index (χ4n) is 3.95. The highest BCUT2D eigenvalue weighted by Gasteiger charge is 2.18. The van der Waals surface area contributed by atoms with Crippen LogP contribution in [0.5, 0.6) is 0 Å². The number of nitrogens with zero attached hydrogens (tertiary/aromatic N) is 4. The van der Waals surface area contributed by atoms with E-state index in [9.17, 15) is 9.59 Å². The van der Waals surface area contributed by atoms with Gasteiger partial charge in [-0.2, -0.15) is 10.1 Å². The minimum absolute atomic E-state index is 0.291. The molecule has 0 radical (unpaired) electrons. The topological polar surface area (TPSA) is 97.1 Å². The van der Waals surface area contributed by atoms with E-state index in [0.717, 1.165) is 27.6 Å². The number of aromatic amines is 1. The number of benzene rings is 3. The number of hydrazone groups is 1. The molecule has 2 heterocycles. The maximum Gasteiger partial charge on any atom is 0.329 e. The first-order valence-corrected chi connectivity index (χ1v) is 10.5. The van der Waals surface area contributed by atoms with Crippen LogP contribution in [0.1, 0.15) is 18.1 Å². The van der Waals surface area contributed by atoms with Crippen molar-refractivity contribution in [2.45, 2.75) is 13.5 Å². The molecule has 2 N–H and O–H groups in total. The van der Waals surface area contributed by atoms with Gasteiger partial charge in [-0.3, -0.25) is 18.9 Å². The molecule has 0 aliphatic carbocycles. The fraction of sp³-hybridized carbons (Fsp3) is 0.120. The number of nitrogens with one attached hydrogen (secondary N) is 2. The number of H-pyrrole nitrogens is 1. The Hall–Kier alpha value is -4.46. The van der Waals surface area contributed by atoms with E-state index in [0.29, 0.717) is 23.7 Å². The van der Waals surface area contributed by atoms with E-state index in [1.807, 2.05) is 73.7 Å². The molecule has 0 aliphatic heterocycles. The Labute approximate surface area is 188 Å². The third-order valence-corrected chi connectivity index (χ3v) is 5.73. The molecule has 164 valence electrons. The maximum atomic E-state index is 12.8. The summed E-state index contributed by atoms with van der Waals surface area (Å²) in [5.41, 5.74) is 5.36. The number of hydrogen-bond donors (Lipinski definition) is 2. The smallest absolute Gasteiger partial charge is 0.298 e. The van der Waals surface area contributed by atoms with Crippen LogP contribution >= 0.6 is 0 Å². The summed E-state index contributed by atoms with van der Waals surface area (Å²) in [6, 6.07) is 23.9. The zero-order chi connectivity index (χ0) is 22.9. The lowest BCUT2D eigenvalue weighted by atomic mass is 10.0. The van der Waals surface area contributed by atoms with Gasteiger partial charge in [0, 0.05) is 7.05 Å². The van der Waals surface area contributed by atoms with Crippen LogP contribution in [0, 0.1) is 0 Å². The Bertz CT molecular complexity index is 1620. The molecule has 5 aromatic rings. The predicted octanol–water partition coefficient (Wildman–Crippen LogP) is 3.46. The van der Waals surface area contributed by atoms with Gasteiger partial charge in [-0.1, -0.05) is 72.8 Å². The van der Waals surface area contributed by atoms with Gasteiger partial charge in [-0.05, 0) is 28.8 Å². The van der Waals surface area contributed by atoms with Gasteiger partial charge in [0.05, 0.1) is 12.3 Å². The molecule has 0 spiro atoms. The van der Waals surface area contributed by atoms with Gasteiger partial charge < -0.3 is 0 Å². The molecule has 0 saturated heterocycles. The number of rotatable bonds is 5. The predicted molar refractivity (Wildman–Crippen MR) is 131 cm³/mol. The molecule has 0 unspecified atom stereocenters. The molecule has 0 amide bonds. The summed E-state index contributed by atoms with van der Waals surface area (Å²) >= 11 is 0. The van der Waals surface area contributed by atoms with Gasteiger partial charge in [-0.15, -0.1) is 0 Å². The lowest BCUT2D eigenvalue weighted by Crippen LogP contribution is -2.29. The van der Waals surface area contributed by atoms with Crippen molar-refractivity contribution in [1.29, 1.82) is 0 Å². The molecule has 8 heteroatoms. The number of anilines is 1. The van der Waals surface area contributed by atoms with Crippen molar-refractivity contribution >= 4 is 33.6 Å². The molecular formula is C25H22N6O2. The van der Waals surface area contributed by atoms with E-state index < -0.39 is 11.2 Å². The molecule has 0 saturated carbocycles. The van der Waals surface area contributed by atoms with E-state index in [1.165, 1.54) is 4.57 Å². The van der Waals surface area contributed by atoms with Crippen molar-refractivity contribution in [3.63, 3.8) is 0 Å². The average Bonchev–Trinajstić information content (AvgIpc) is 3.20. The number of fused-ring (bicyclic) bond motifs is 2. The van der Waals surface area contributed by atoms with E-state index in [-0.39, 0.29) is 0 Å². The SMILES string of the molecule is CC(=NNc1nc2c(c(=O)[nH]c(=O)n2C)n1Cc1cccc2ccccc12)c1ccccc1. The average molecular weight is 438 g/mol. The van der Waals surface area contributed by atoms with Gasteiger partial charge in [0.25, 0.3) is 5.56 Å². The molecule has 0 fully saturated rings. The summed E-state index contributed by atoms with van der Waals surface area (Å²) < 4.78 is 3.09. The second-order valence-electron chi connectivity index (χ2n) is 7.83. The molecule has 33 heavy (non-hydrogen) atoms. The van der Waals surface area contributed by atoms with Gasteiger partial charge in [-0.25, -0.2) is 10.2 Å². The molecular weight excluding hydrogens is 416 g/mol. The molecule has 5 rings (SSSR count). The van der Waals surface area contributed by atoms with E-state index in [2.05, 4.69) is 26.6 Å². The van der Waals surface area contributed by atoms with Crippen LogP contribution in [0.25, 0.3) is 21.9 Å². The van der Waals surface area contributed by atoms with Crippen LogP contribution in [-0.2, 0) is 13.6 Å².